The average molecular weight is 385 g/mol. The summed E-state index contributed by atoms with van der Waals surface area (Å²) in [6.45, 7) is 0.604. The van der Waals surface area contributed by atoms with E-state index in [-0.39, 0.29) is 35.3 Å². The average Bonchev–Trinajstić information content (AvgIpc) is 3.40. The Kier molecular flexibility index (Phi) is 4.75. The van der Waals surface area contributed by atoms with E-state index in [1.807, 2.05) is 30.3 Å². The highest BCUT2D eigenvalue weighted by molar-refractivity contribution is 7.89. The number of nitrogens with zero attached hydrogens (tertiary/aromatic N) is 1. The molecule has 4 rings (SSSR count). The number of nitrogens with two attached hydrogens (primary N) is 1. The van der Waals surface area contributed by atoms with Gasteiger partial charge in [-0.2, -0.15) is 4.31 Å². The van der Waals surface area contributed by atoms with Crippen LogP contribution in [0.15, 0.2) is 59.5 Å². The summed E-state index contributed by atoms with van der Waals surface area (Å²) in [5, 5.41) is 2.89. The van der Waals surface area contributed by atoms with Crippen LogP contribution in [0.25, 0.3) is 0 Å². The van der Waals surface area contributed by atoms with Crippen molar-refractivity contribution in [1.82, 2.24) is 9.62 Å². The van der Waals surface area contributed by atoms with Gasteiger partial charge in [-0.25, -0.2) is 8.42 Å². The van der Waals surface area contributed by atoms with Crippen LogP contribution in [0, 0.1) is 0 Å². The van der Waals surface area contributed by atoms with Crippen LogP contribution in [-0.4, -0.2) is 43.8 Å². The lowest BCUT2D eigenvalue weighted by Gasteiger charge is -2.17. The number of carbonyl (C=O) groups is 1. The summed E-state index contributed by atoms with van der Waals surface area (Å²) in [6.07, 6.45) is 1.96. The third-order valence-corrected chi connectivity index (χ3v) is 7.03. The molecular weight excluding hydrogens is 362 g/mol. The quantitative estimate of drug-likeness (QED) is 0.819. The van der Waals surface area contributed by atoms with E-state index >= 15 is 0 Å². The molecule has 2 aromatic carbocycles. The van der Waals surface area contributed by atoms with E-state index in [1.165, 1.54) is 16.4 Å². The van der Waals surface area contributed by atoms with E-state index in [0.29, 0.717) is 12.1 Å². The van der Waals surface area contributed by atoms with Gasteiger partial charge in [0, 0.05) is 36.7 Å². The van der Waals surface area contributed by atoms with Gasteiger partial charge in [0.2, 0.25) is 10.0 Å². The van der Waals surface area contributed by atoms with Crippen molar-refractivity contribution < 1.29 is 13.2 Å². The van der Waals surface area contributed by atoms with Crippen LogP contribution in [0.3, 0.4) is 0 Å². The van der Waals surface area contributed by atoms with E-state index in [9.17, 15) is 13.2 Å². The topological polar surface area (TPSA) is 92.5 Å². The first kappa shape index (κ1) is 18.2. The molecule has 6 nitrogen and oxygen atoms in total. The molecule has 1 saturated carbocycles. The Hall–Kier alpha value is -2.22. The zero-order valence-corrected chi connectivity index (χ0v) is 15.7. The van der Waals surface area contributed by atoms with Gasteiger partial charge in [-0.1, -0.05) is 36.4 Å². The highest BCUT2D eigenvalue weighted by atomic mass is 32.2. The predicted molar refractivity (Wildman–Crippen MR) is 103 cm³/mol. The number of rotatable bonds is 5. The molecule has 27 heavy (non-hydrogen) atoms. The Labute approximate surface area is 159 Å². The summed E-state index contributed by atoms with van der Waals surface area (Å²) in [6, 6.07) is 15.9. The number of carbonyl (C=O) groups excluding carboxylic acids is 1. The third kappa shape index (κ3) is 3.76. The monoisotopic (exact) mass is 385 g/mol. The van der Waals surface area contributed by atoms with Crippen LogP contribution < -0.4 is 11.1 Å². The minimum absolute atomic E-state index is 0.0395. The molecule has 142 valence electrons. The molecule has 2 aliphatic rings. The molecule has 0 aromatic heterocycles. The molecule has 1 heterocycles. The number of amides is 1. The summed E-state index contributed by atoms with van der Waals surface area (Å²) in [4.78, 5) is 12.4. The SMILES string of the molecule is N[C@@H]1CN(S(=O)(=O)c2cccc(C(=O)NC3CC3)c2)C[C@H]1c1ccccc1. The van der Waals surface area contributed by atoms with Crippen molar-refractivity contribution in [3.05, 3.63) is 65.7 Å². The fraction of sp³-hybridized carbons (Fsp3) is 0.350. The van der Waals surface area contributed by atoms with Crippen LogP contribution in [-0.2, 0) is 10.0 Å². The molecule has 2 aromatic rings. The lowest BCUT2D eigenvalue weighted by Crippen LogP contribution is -2.32. The highest BCUT2D eigenvalue weighted by Crippen LogP contribution is 2.30. The summed E-state index contributed by atoms with van der Waals surface area (Å²) in [5.41, 5.74) is 7.65. The van der Waals surface area contributed by atoms with Gasteiger partial charge in [0.05, 0.1) is 4.90 Å². The standard InChI is InChI=1S/C20H23N3O3S/c21-19-13-23(12-18(19)14-5-2-1-3-6-14)27(25,26)17-8-4-7-15(11-17)20(24)22-16-9-10-16/h1-8,11,16,18-19H,9-10,12-13,21H2,(H,22,24)/t18-,19+/m0/s1. The lowest BCUT2D eigenvalue weighted by atomic mass is 9.95. The third-order valence-electron chi connectivity index (χ3n) is 5.21. The Bertz CT molecular complexity index is 942. The molecule has 1 aliphatic heterocycles. The minimum Gasteiger partial charge on any atom is -0.349 e. The fourth-order valence-corrected chi connectivity index (χ4v) is 5.03. The molecule has 1 saturated heterocycles. The Balaban J connectivity index is 1.55. The molecule has 0 radical (unpaired) electrons. The first-order valence-electron chi connectivity index (χ1n) is 9.17. The van der Waals surface area contributed by atoms with Gasteiger partial charge in [-0.05, 0) is 36.6 Å². The second kappa shape index (κ2) is 7.07. The van der Waals surface area contributed by atoms with Gasteiger partial charge >= 0.3 is 0 Å². The van der Waals surface area contributed by atoms with Crippen LogP contribution in [0.4, 0.5) is 0 Å². The number of benzene rings is 2. The summed E-state index contributed by atoms with van der Waals surface area (Å²) >= 11 is 0. The van der Waals surface area contributed by atoms with Crippen LogP contribution in [0.5, 0.6) is 0 Å². The van der Waals surface area contributed by atoms with Crippen molar-refractivity contribution >= 4 is 15.9 Å². The van der Waals surface area contributed by atoms with Crippen molar-refractivity contribution in [2.45, 2.75) is 35.7 Å². The molecule has 2 fully saturated rings. The first-order chi connectivity index (χ1) is 12.9. The largest absolute Gasteiger partial charge is 0.349 e. The smallest absolute Gasteiger partial charge is 0.251 e. The Morgan fingerprint density at radius 3 is 2.48 bits per heavy atom. The molecule has 1 amide bonds. The van der Waals surface area contributed by atoms with E-state index < -0.39 is 10.0 Å². The molecule has 1 aliphatic carbocycles. The zero-order valence-electron chi connectivity index (χ0n) is 14.9. The van der Waals surface area contributed by atoms with Crippen molar-refractivity contribution in [1.29, 1.82) is 0 Å². The van der Waals surface area contributed by atoms with Crippen molar-refractivity contribution in [2.75, 3.05) is 13.1 Å². The molecule has 0 unspecified atom stereocenters. The van der Waals surface area contributed by atoms with Crippen molar-refractivity contribution in [3.63, 3.8) is 0 Å². The Morgan fingerprint density at radius 2 is 1.78 bits per heavy atom. The van der Waals surface area contributed by atoms with Crippen molar-refractivity contribution in [3.8, 4) is 0 Å². The molecule has 0 bridgehead atoms. The van der Waals surface area contributed by atoms with E-state index in [4.69, 9.17) is 5.73 Å². The zero-order chi connectivity index (χ0) is 19.0. The lowest BCUT2D eigenvalue weighted by molar-refractivity contribution is 0.0951. The van der Waals surface area contributed by atoms with Crippen LogP contribution in [0.2, 0.25) is 0 Å². The fourth-order valence-electron chi connectivity index (χ4n) is 3.48. The van der Waals surface area contributed by atoms with E-state index in [0.717, 1.165) is 18.4 Å². The van der Waals surface area contributed by atoms with Gasteiger partial charge in [0.15, 0.2) is 0 Å². The first-order valence-corrected chi connectivity index (χ1v) is 10.6. The maximum atomic E-state index is 13.1. The second-order valence-corrected chi connectivity index (χ2v) is 9.22. The molecule has 2 atom stereocenters. The van der Waals surface area contributed by atoms with E-state index in [1.54, 1.807) is 12.1 Å². The molecule has 7 heteroatoms. The van der Waals surface area contributed by atoms with Crippen LogP contribution >= 0.6 is 0 Å². The van der Waals surface area contributed by atoms with Gasteiger partial charge < -0.3 is 11.1 Å². The summed E-state index contributed by atoms with van der Waals surface area (Å²) in [7, 11) is -3.71. The molecule has 3 N–H and O–H groups in total. The number of nitrogens with one attached hydrogen (secondary N) is 1. The Morgan fingerprint density at radius 1 is 1.04 bits per heavy atom. The van der Waals surface area contributed by atoms with Gasteiger partial charge in [-0.15, -0.1) is 0 Å². The maximum Gasteiger partial charge on any atom is 0.251 e. The maximum absolute atomic E-state index is 13.1. The van der Waals surface area contributed by atoms with Gasteiger partial charge in [0.1, 0.15) is 0 Å². The van der Waals surface area contributed by atoms with E-state index in [2.05, 4.69) is 5.32 Å². The second-order valence-electron chi connectivity index (χ2n) is 7.28. The number of hydrogen-bond donors (Lipinski definition) is 2. The number of hydrogen-bond acceptors (Lipinski definition) is 4. The summed E-state index contributed by atoms with van der Waals surface area (Å²) in [5.74, 6) is -0.267. The number of sulfonamides is 1. The highest BCUT2D eigenvalue weighted by Gasteiger charge is 2.38. The van der Waals surface area contributed by atoms with Gasteiger partial charge in [-0.3, -0.25) is 4.79 Å². The van der Waals surface area contributed by atoms with Gasteiger partial charge in [0.25, 0.3) is 5.91 Å². The predicted octanol–water partition coefficient (Wildman–Crippen LogP) is 1.69. The van der Waals surface area contributed by atoms with Crippen LogP contribution in [0.1, 0.15) is 34.7 Å². The minimum atomic E-state index is -3.71. The van der Waals surface area contributed by atoms with Crippen molar-refractivity contribution in [2.24, 2.45) is 5.73 Å². The normalized spacial score (nSPS) is 23.3. The summed E-state index contributed by atoms with van der Waals surface area (Å²) < 4.78 is 27.6. The molecule has 0 spiro atoms. The molecular formula is C20H23N3O3S.